The van der Waals surface area contributed by atoms with Crippen molar-refractivity contribution in [1.29, 1.82) is 0 Å². The van der Waals surface area contributed by atoms with Crippen LogP contribution in [-0.2, 0) is 20.8 Å². The average Bonchev–Trinajstić information content (AvgIpc) is 2.53. The molecule has 0 saturated carbocycles. The highest BCUT2D eigenvalue weighted by Gasteiger charge is 1.95. The van der Waals surface area contributed by atoms with Gasteiger partial charge < -0.3 is 24.1 Å². The highest BCUT2D eigenvalue weighted by Crippen LogP contribution is 2.11. The highest BCUT2D eigenvalue weighted by molar-refractivity contribution is 5.26. The zero-order valence-electron chi connectivity index (χ0n) is 12.3. The Balaban J connectivity index is 1.89. The van der Waals surface area contributed by atoms with Crippen molar-refractivity contribution in [2.24, 2.45) is 0 Å². The third-order valence-corrected chi connectivity index (χ3v) is 2.58. The number of ether oxygens (including phenoxy) is 4. The normalized spacial score (nSPS) is 10.5. The number of benzene rings is 1. The molecular formula is C16H24O5. The Morgan fingerprint density at radius 1 is 0.857 bits per heavy atom. The summed E-state index contributed by atoms with van der Waals surface area (Å²) in [6, 6.07) is 7.33. The number of rotatable bonds is 13. The fourth-order valence-electron chi connectivity index (χ4n) is 1.52. The molecule has 0 amide bonds. The van der Waals surface area contributed by atoms with Gasteiger partial charge in [0, 0.05) is 0 Å². The van der Waals surface area contributed by atoms with Crippen LogP contribution < -0.4 is 4.74 Å². The molecule has 0 aliphatic rings. The largest absolute Gasteiger partial charge is 0.491 e. The van der Waals surface area contributed by atoms with Crippen molar-refractivity contribution < 1.29 is 24.1 Å². The molecule has 118 valence electrons. The van der Waals surface area contributed by atoms with Crippen molar-refractivity contribution in [3.05, 3.63) is 42.5 Å². The maximum atomic E-state index is 8.92. The Morgan fingerprint density at radius 3 is 2.00 bits per heavy atom. The molecule has 0 spiro atoms. The zero-order valence-corrected chi connectivity index (χ0v) is 12.3. The standard InChI is InChI=1S/C16H24O5/c1-2-7-18-8-9-19-10-11-20-12-13-21-16-5-3-15(14-17)4-6-16/h2-6,17H,1,7-14H2. The average molecular weight is 296 g/mol. The quantitative estimate of drug-likeness (QED) is 0.444. The van der Waals surface area contributed by atoms with Gasteiger partial charge in [-0.3, -0.25) is 0 Å². The molecule has 0 aliphatic carbocycles. The van der Waals surface area contributed by atoms with Crippen LogP contribution >= 0.6 is 0 Å². The van der Waals surface area contributed by atoms with Crippen molar-refractivity contribution >= 4 is 0 Å². The molecule has 0 aromatic heterocycles. The van der Waals surface area contributed by atoms with E-state index in [0.29, 0.717) is 46.2 Å². The number of hydrogen-bond acceptors (Lipinski definition) is 5. The second kappa shape index (κ2) is 12.3. The van der Waals surface area contributed by atoms with Crippen LogP contribution in [0.15, 0.2) is 36.9 Å². The fourth-order valence-corrected chi connectivity index (χ4v) is 1.52. The van der Waals surface area contributed by atoms with Crippen LogP contribution in [0, 0.1) is 0 Å². The Labute approximate surface area is 126 Å². The summed E-state index contributed by atoms with van der Waals surface area (Å²) in [6.07, 6.45) is 1.71. The third-order valence-electron chi connectivity index (χ3n) is 2.58. The monoisotopic (exact) mass is 296 g/mol. The third kappa shape index (κ3) is 9.20. The van der Waals surface area contributed by atoms with E-state index in [1.807, 2.05) is 24.3 Å². The summed E-state index contributed by atoms with van der Waals surface area (Å²) in [7, 11) is 0. The first-order valence-electron chi connectivity index (χ1n) is 7.03. The number of aliphatic hydroxyl groups excluding tert-OH is 1. The first-order valence-corrected chi connectivity index (χ1v) is 7.03. The molecule has 0 bridgehead atoms. The zero-order chi connectivity index (χ0) is 15.2. The molecular weight excluding hydrogens is 272 g/mol. The van der Waals surface area contributed by atoms with Gasteiger partial charge in [0.15, 0.2) is 0 Å². The number of hydrogen-bond donors (Lipinski definition) is 1. The first kappa shape index (κ1) is 17.7. The summed E-state index contributed by atoms with van der Waals surface area (Å²) in [6.45, 7) is 7.36. The van der Waals surface area contributed by atoms with Crippen molar-refractivity contribution in [1.82, 2.24) is 0 Å². The van der Waals surface area contributed by atoms with Crippen LogP contribution in [0.4, 0.5) is 0 Å². The molecule has 21 heavy (non-hydrogen) atoms. The van der Waals surface area contributed by atoms with Gasteiger partial charge in [0.05, 0.1) is 46.2 Å². The van der Waals surface area contributed by atoms with E-state index in [4.69, 9.17) is 24.1 Å². The van der Waals surface area contributed by atoms with Crippen LogP contribution in [-0.4, -0.2) is 51.4 Å². The molecule has 0 atom stereocenters. The predicted octanol–water partition coefficient (Wildman–Crippen LogP) is 1.79. The molecule has 1 aromatic rings. The lowest BCUT2D eigenvalue weighted by atomic mass is 10.2. The van der Waals surface area contributed by atoms with Gasteiger partial charge in [-0.2, -0.15) is 0 Å². The second-order valence-corrected chi connectivity index (χ2v) is 4.24. The molecule has 0 aliphatic heterocycles. The van der Waals surface area contributed by atoms with Crippen molar-refractivity contribution in [3.8, 4) is 5.75 Å². The van der Waals surface area contributed by atoms with Crippen LogP contribution in [0.2, 0.25) is 0 Å². The van der Waals surface area contributed by atoms with Gasteiger partial charge in [0.25, 0.3) is 0 Å². The van der Waals surface area contributed by atoms with Crippen molar-refractivity contribution in [3.63, 3.8) is 0 Å². The van der Waals surface area contributed by atoms with E-state index in [-0.39, 0.29) is 6.61 Å². The summed E-state index contributed by atoms with van der Waals surface area (Å²) >= 11 is 0. The highest BCUT2D eigenvalue weighted by atomic mass is 16.6. The molecule has 0 radical (unpaired) electrons. The Kier molecular flexibility index (Phi) is 10.4. The molecule has 5 heteroatoms. The van der Waals surface area contributed by atoms with Gasteiger partial charge in [0.2, 0.25) is 0 Å². The molecule has 0 saturated heterocycles. The van der Waals surface area contributed by atoms with E-state index in [1.54, 1.807) is 6.08 Å². The Bertz CT molecular complexity index is 363. The maximum absolute atomic E-state index is 8.92. The molecule has 0 heterocycles. The van der Waals surface area contributed by atoms with E-state index in [0.717, 1.165) is 11.3 Å². The minimum atomic E-state index is 0.0437. The SMILES string of the molecule is C=CCOCCOCCOCCOc1ccc(CO)cc1. The lowest BCUT2D eigenvalue weighted by Gasteiger charge is -2.08. The van der Waals surface area contributed by atoms with E-state index >= 15 is 0 Å². The molecule has 0 unspecified atom stereocenters. The summed E-state index contributed by atoms with van der Waals surface area (Å²) in [4.78, 5) is 0. The van der Waals surface area contributed by atoms with E-state index in [2.05, 4.69) is 6.58 Å². The van der Waals surface area contributed by atoms with Crippen LogP contribution in [0.1, 0.15) is 5.56 Å². The van der Waals surface area contributed by atoms with Crippen molar-refractivity contribution in [2.75, 3.05) is 46.2 Å². The van der Waals surface area contributed by atoms with E-state index in [1.165, 1.54) is 0 Å². The summed E-state index contributed by atoms with van der Waals surface area (Å²) in [5.41, 5.74) is 0.868. The predicted molar refractivity (Wildman–Crippen MR) is 80.5 cm³/mol. The van der Waals surface area contributed by atoms with Gasteiger partial charge in [0.1, 0.15) is 12.4 Å². The summed E-state index contributed by atoms with van der Waals surface area (Å²) < 4.78 is 21.4. The molecule has 5 nitrogen and oxygen atoms in total. The lowest BCUT2D eigenvalue weighted by molar-refractivity contribution is 0.0135. The van der Waals surface area contributed by atoms with Gasteiger partial charge in [-0.25, -0.2) is 0 Å². The van der Waals surface area contributed by atoms with Crippen molar-refractivity contribution in [2.45, 2.75) is 6.61 Å². The number of aliphatic hydroxyl groups is 1. The first-order chi connectivity index (χ1) is 10.4. The van der Waals surface area contributed by atoms with E-state index < -0.39 is 0 Å². The Morgan fingerprint density at radius 2 is 1.43 bits per heavy atom. The molecule has 0 fully saturated rings. The second-order valence-electron chi connectivity index (χ2n) is 4.24. The topological polar surface area (TPSA) is 57.2 Å². The summed E-state index contributed by atoms with van der Waals surface area (Å²) in [5.74, 6) is 0.770. The van der Waals surface area contributed by atoms with Crippen LogP contribution in [0.25, 0.3) is 0 Å². The van der Waals surface area contributed by atoms with Gasteiger partial charge in [-0.15, -0.1) is 6.58 Å². The summed E-state index contributed by atoms with van der Waals surface area (Å²) in [5, 5.41) is 8.92. The van der Waals surface area contributed by atoms with Crippen LogP contribution in [0.5, 0.6) is 5.75 Å². The van der Waals surface area contributed by atoms with E-state index in [9.17, 15) is 0 Å². The molecule has 1 rings (SSSR count). The van der Waals surface area contributed by atoms with Gasteiger partial charge >= 0.3 is 0 Å². The molecule has 1 N–H and O–H groups in total. The maximum Gasteiger partial charge on any atom is 0.119 e. The minimum absolute atomic E-state index is 0.0437. The minimum Gasteiger partial charge on any atom is -0.491 e. The lowest BCUT2D eigenvalue weighted by Crippen LogP contribution is -2.12. The smallest absolute Gasteiger partial charge is 0.119 e. The molecule has 1 aromatic carbocycles. The van der Waals surface area contributed by atoms with Crippen LogP contribution in [0.3, 0.4) is 0 Å². The fraction of sp³-hybridized carbons (Fsp3) is 0.500. The van der Waals surface area contributed by atoms with Gasteiger partial charge in [-0.1, -0.05) is 18.2 Å². The Hall–Kier alpha value is -1.40. The van der Waals surface area contributed by atoms with Gasteiger partial charge in [-0.05, 0) is 17.7 Å².